The van der Waals surface area contributed by atoms with Gasteiger partial charge in [-0.3, -0.25) is 9.05 Å². The zero-order valence-corrected chi connectivity index (χ0v) is 40.8. The second kappa shape index (κ2) is 26.0. The van der Waals surface area contributed by atoms with Crippen molar-refractivity contribution in [3.05, 3.63) is 83.0 Å². The molecule has 2 N–H and O–H groups in total. The Bertz CT molecular complexity index is 2290. The van der Waals surface area contributed by atoms with E-state index in [1.807, 2.05) is 6.07 Å². The number of rotatable bonds is 31. The molecule has 67 heavy (non-hydrogen) atoms. The fourth-order valence-corrected chi connectivity index (χ4v) is 9.91. The lowest BCUT2D eigenvalue weighted by Gasteiger charge is -2.30. The fourth-order valence-electron chi connectivity index (χ4n) is 8.40. The van der Waals surface area contributed by atoms with E-state index in [-0.39, 0.29) is 42.1 Å². The number of phosphoric acid groups is 1. The zero-order chi connectivity index (χ0) is 47.5. The van der Waals surface area contributed by atoms with E-state index in [1.165, 1.54) is 95.9 Å². The van der Waals surface area contributed by atoms with E-state index in [0.717, 1.165) is 19.3 Å². The van der Waals surface area contributed by atoms with Crippen LogP contribution in [0.25, 0.3) is 5.52 Å². The van der Waals surface area contributed by atoms with Crippen LogP contribution in [-0.4, -0.2) is 75.7 Å². The number of pyridine rings is 1. The summed E-state index contributed by atoms with van der Waals surface area (Å²) >= 11 is 6.48. The molecular formula is C49H67ClN7O9P. The van der Waals surface area contributed by atoms with Crippen molar-refractivity contribution in [2.45, 2.75) is 166 Å². The van der Waals surface area contributed by atoms with Crippen LogP contribution in [-0.2, 0) is 43.9 Å². The number of nitrogen functional groups attached to an aromatic ring is 1. The monoisotopic (exact) mass is 963 g/mol. The van der Waals surface area contributed by atoms with Gasteiger partial charge in [0.15, 0.2) is 11.6 Å². The molecule has 6 rings (SSSR count). The van der Waals surface area contributed by atoms with Crippen LogP contribution in [0.2, 0.25) is 5.02 Å². The lowest BCUT2D eigenvalue weighted by Crippen LogP contribution is -2.46. The van der Waals surface area contributed by atoms with E-state index in [0.29, 0.717) is 23.5 Å². The van der Waals surface area contributed by atoms with Gasteiger partial charge < -0.3 is 33.9 Å². The Labute approximate surface area is 400 Å². The molecule has 5 heterocycles. The summed E-state index contributed by atoms with van der Waals surface area (Å²) in [7, 11) is -4.66. The van der Waals surface area contributed by atoms with Gasteiger partial charge in [-0.15, -0.1) is 0 Å². The summed E-state index contributed by atoms with van der Waals surface area (Å²) in [5.74, 6) is -0.841. The number of halogens is 1. The first-order valence-corrected chi connectivity index (χ1v) is 25.7. The van der Waals surface area contributed by atoms with Crippen LogP contribution in [0.5, 0.6) is 5.75 Å². The van der Waals surface area contributed by atoms with Gasteiger partial charge in [0, 0.05) is 6.61 Å². The average molecular weight is 965 g/mol. The van der Waals surface area contributed by atoms with Crippen LogP contribution < -0.4 is 10.3 Å². The Hall–Kier alpha value is -4.19. The van der Waals surface area contributed by atoms with E-state index < -0.39 is 50.2 Å². The lowest BCUT2D eigenvalue weighted by atomic mass is 9.96. The molecule has 16 nitrogen and oxygen atoms in total. The molecule has 2 aliphatic heterocycles. The number of hydrogen-bond donors (Lipinski definition) is 1. The number of hydrogen-bond acceptors (Lipinski definition) is 15. The van der Waals surface area contributed by atoms with Crippen LogP contribution in [0.1, 0.15) is 147 Å². The summed E-state index contributed by atoms with van der Waals surface area (Å²) in [4.78, 5) is 8.40. The van der Waals surface area contributed by atoms with Crippen LogP contribution in [0.4, 0.5) is 5.82 Å². The number of para-hydroxylation sites is 1. The molecule has 0 radical (unpaired) electrons. The number of nitriles is 2. The Morgan fingerprint density at radius 1 is 0.851 bits per heavy atom. The van der Waals surface area contributed by atoms with Gasteiger partial charge in [-0.2, -0.15) is 15.6 Å². The summed E-state index contributed by atoms with van der Waals surface area (Å²) in [6, 6.07) is 19.3. The summed E-state index contributed by atoms with van der Waals surface area (Å²) in [6.07, 6.45) is 18.2. The summed E-state index contributed by atoms with van der Waals surface area (Å²) in [6.45, 7) is 5.35. The topological polar surface area (TPSA) is 208 Å². The Morgan fingerprint density at radius 2 is 1.54 bits per heavy atom. The maximum absolute atomic E-state index is 14.9. The van der Waals surface area contributed by atoms with Crippen molar-refractivity contribution in [3.8, 4) is 17.9 Å². The van der Waals surface area contributed by atoms with Gasteiger partial charge in [-0.1, -0.05) is 133 Å². The minimum absolute atomic E-state index is 0.0104. The highest BCUT2D eigenvalue weighted by molar-refractivity contribution is 7.49. The number of unbranched alkanes of at least 4 members (excludes halogenated alkanes) is 15. The van der Waals surface area contributed by atoms with Crippen molar-refractivity contribution < 1.29 is 41.8 Å². The average Bonchev–Trinajstić information content (AvgIpc) is 3.99. The highest BCUT2D eigenvalue weighted by atomic mass is 35.5. The molecule has 0 saturated carbocycles. The predicted octanol–water partition coefficient (Wildman–Crippen LogP) is 11.2. The molecule has 2 aliphatic rings. The second-order valence-corrected chi connectivity index (χ2v) is 19.7. The first kappa shape index (κ1) is 52.2. The zero-order valence-electron chi connectivity index (χ0n) is 39.2. The number of nitrogens with two attached hydrogens (primary N) is 1. The van der Waals surface area contributed by atoms with E-state index in [2.05, 4.69) is 28.1 Å². The predicted molar refractivity (Wildman–Crippen MR) is 253 cm³/mol. The fraction of sp³-hybridized carbons (Fsp3) is 0.612. The van der Waals surface area contributed by atoms with Crippen molar-refractivity contribution in [1.82, 2.24) is 19.6 Å². The number of aromatic nitrogens is 4. The minimum atomic E-state index is -4.66. The van der Waals surface area contributed by atoms with Gasteiger partial charge in [0.2, 0.25) is 5.60 Å². The molecule has 1 aromatic carbocycles. The normalized spacial score (nSPS) is 21.1. The number of phosphoric ester groups is 1. The SMILES string of the molecule is CCCCCCCCCCCCCCCCCCOC[C@H](COP(=O)(OC[C@@]1(C#N)OC(c2ccc3c(N)ncnn23)[C@@H]2OC(C)(C)O[C@@H]21)Oc1ccccc1Cl)OCc1cccc(C#N)n1. The first-order valence-electron chi connectivity index (χ1n) is 23.9. The highest BCUT2D eigenvalue weighted by Gasteiger charge is 2.65. The number of anilines is 1. The van der Waals surface area contributed by atoms with Crippen molar-refractivity contribution in [2.75, 3.05) is 32.2 Å². The minimum Gasteiger partial charge on any atom is -0.402 e. The third-order valence-corrected chi connectivity index (χ3v) is 13.6. The molecule has 3 aromatic heterocycles. The number of fused-ring (bicyclic) bond motifs is 2. The highest BCUT2D eigenvalue weighted by Crippen LogP contribution is 2.55. The van der Waals surface area contributed by atoms with Crippen LogP contribution in [0.3, 0.4) is 0 Å². The van der Waals surface area contributed by atoms with Crippen LogP contribution >= 0.6 is 19.4 Å². The summed E-state index contributed by atoms with van der Waals surface area (Å²) in [5, 5.41) is 24.8. The third kappa shape index (κ3) is 15.1. The molecule has 0 bridgehead atoms. The first-order chi connectivity index (χ1) is 32.5. The van der Waals surface area contributed by atoms with Gasteiger partial charge >= 0.3 is 7.82 Å². The third-order valence-electron chi connectivity index (χ3n) is 12.0. The molecule has 0 amide bonds. The van der Waals surface area contributed by atoms with Gasteiger partial charge in [0.1, 0.15) is 66.4 Å². The van der Waals surface area contributed by atoms with Crippen molar-refractivity contribution in [2.24, 2.45) is 0 Å². The molecule has 4 aromatic rings. The molecule has 2 unspecified atom stereocenters. The molecule has 18 heteroatoms. The molecular weight excluding hydrogens is 897 g/mol. The van der Waals surface area contributed by atoms with Crippen molar-refractivity contribution in [1.29, 1.82) is 10.5 Å². The van der Waals surface area contributed by atoms with Crippen molar-refractivity contribution >= 4 is 30.8 Å². The maximum Gasteiger partial charge on any atom is 0.530 e. The lowest BCUT2D eigenvalue weighted by molar-refractivity contribution is -0.204. The molecule has 364 valence electrons. The van der Waals surface area contributed by atoms with Gasteiger partial charge in [-0.05, 0) is 56.7 Å². The van der Waals surface area contributed by atoms with Gasteiger partial charge in [-0.25, -0.2) is 19.0 Å². The number of nitrogens with zero attached hydrogens (tertiary/aromatic N) is 6. The molecule has 0 aliphatic carbocycles. The largest absolute Gasteiger partial charge is 0.530 e. The summed E-state index contributed by atoms with van der Waals surface area (Å²) < 4.78 is 65.9. The van der Waals surface area contributed by atoms with Crippen molar-refractivity contribution in [3.63, 3.8) is 0 Å². The number of ether oxygens (including phenoxy) is 5. The second-order valence-electron chi connectivity index (χ2n) is 17.7. The quantitative estimate of drug-likeness (QED) is 0.0367. The molecule has 6 atom stereocenters. The number of benzene rings is 1. The van der Waals surface area contributed by atoms with Crippen LogP contribution in [0, 0.1) is 22.7 Å². The Balaban J connectivity index is 1.06. The molecule has 0 spiro atoms. The smallest absolute Gasteiger partial charge is 0.402 e. The van der Waals surface area contributed by atoms with E-state index >= 15 is 0 Å². The van der Waals surface area contributed by atoms with Crippen LogP contribution in [0.15, 0.2) is 60.9 Å². The van der Waals surface area contributed by atoms with Gasteiger partial charge in [0.05, 0.1) is 36.2 Å². The molecule has 2 saturated heterocycles. The molecule has 2 fully saturated rings. The summed E-state index contributed by atoms with van der Waals surface area (Å²) in [5.41, 5.74) is 6.07. The maximum atomic E-state index is 14.9. The van der Waals surface area contributed by atoms with E-state index in [4.69, 9.17) is 54.6 Å². The van der Waals surface area contributed by atoms with Gasteiger partial charge in [0.25, 0.3) is 0 Å². The standard InChI is InChI=1S/C49H67ClN7O9P/c1-4-5-6-7-8-9-10-11-12-13-14-15-16-17-18-21-29-59-32-39(60-31-38-24-22-23-37(30-51)56-38)33-61-67(58,66-43-26-20-19-25-40(43)50)62-35-49(34-52)46-45(63-48(2,3)65-46)44(64-49)41-27-28-42-47(53)54-36-55-57(41)42/h19-20,22-28,36,39,44-46H,4-18,21,29,31-33,35H2,1-3H3,(H2,53,54,55)/t39-,44?,45+,46+,49-,67?/m1/s1. The Morgan fingerprint density at radius 3 is 2.21 bits per heavy atom. The van der Waals surface area contributed by atoms with E-state index in [9.17, 15) is 15.1 Å². The Kier molecular flexibility index (Phi) is 20.2. The van der Waals surface area contributed by atoms with E-state index in [1.54, 1.807) is 66.9 Å².